The number of benzene rings is 2. The SMILES string of the molecule is Cc1ccc(C(=O)c2ccccc2C(=O)N(CC2CCC2)[C@@H](C)CO)cc1C. The molecule has 0 spiro atoms. The zero-order valence-electron chi connectivity index (χ0n) is 16.9. The van der Waals surface area contributed by atoms with Crippen LogP contribution < -0.4 is 0 Å². The van der Waals surface area contributed by atoms with Crippen molar-refractivity contribution in [2.45, 2.75) is 46.1 Å². The van der Waals surface area contributed by atoms with E-state index >= 15 is 0 Å². The highest BCUT2D eigenvalue weighted by molar-refractivity contribution is 6.15. The summed E-state index contributed by atoms with van der Waals surface area (Å²) >= 11 is 0. The third kappa shape index (κ3) is 4.17. The minimum absolute atomic E-state index is 0.0915. The Hall–Kier alpha value is -2.46. The molecule has 4 heteroatoms. The third-order valence-corrected chi connectivity index (χ3v) is 5.91. The third-order valence-electron chi connectivity index (χ3n) is 5.91. The van der Waals surface area contributed by atoms with E-state index in [0.29, 0.717) is 29.2 Å². The van der Waals surface area contributed by atoms with Crippen LogP contribution in [-0.2, 0) is 0 Å². The lowest BCUT2D eigenvalue weighted by Gasteiger charge is -2.35. The number of rotatable bonds is 7. The number of nitrogens with zero attached hydrogens (tertiary/aromatic N) is 1. The van der Waals surface area contributed by atoms with Crippen LogP contribution in [-0.4, -0.2) is 40.9 Å². The maximum absolute atomic E-state index is 13.4. The predicted octanol–water partition coefficient (Wildman–Crippen LogP) is 4.16. The highest BCUT2D eigenvalue weighted by Crippen LogP contribution is 2.29. The van der Waals surface area contributed by atoms with Gasteiger partial charge in [-0.05, 0) is 62.8 Å². The highest BCUT2D eigenvalue weighted by Gasteiger charge is 2.29. The fourth-order valence-electron chi connectivity index (χ4n) is 3.58. The maximum Gasteiger partial charge on any atom is 0.254 e. The van der Waals surface area contributed by atoms with E-state index in [4.69, 9.17) is 0 Å². The first kappa shape index (κ1) is 20.3. The molecule has 2 aromatic rings. The predicted molar refractivity (Wildman–Crippen MR) is 111 cm³/mol. The molecule has 1 fully saturated rings. The Labute approximate surface area is 167 Å². The molecule has 3 rings (SSSR count). The van der Waals surface area contributed by atoms with Gasteiger partial charge in [-0.2, -0.15) is 0 Å². The average molecular weight is 380 g/mol. The molecule has 1 aliphatic rings. The van der Waals surface area contributed by atoms with Gasteiger partial charge in [0, 0.05) is 17.7 Å². The fourth-order valence-corrected chi connectivity index (χ4v) is 3.58. The van der Waals surface area contributed by atoms with Crippen molar-refractivity contribution in [1.29, 1.82) is 0 Å². The molecule has 1 amide bonds. The summed E-state index contributed by atoms with van der Waals surface area (Å²) < 4.78 is 0. The zero-order valence-corrected chi connectivity index (χ0v) is 16.9. The van der Waals surface area contributed by atoms with Gasteiger partial charge in [0.05, 0.1) is 18.2 Å². The maximum atomic E-state index is 13.4. The molecule has 0 radical (unpaired) electrons. The first-order valence-corrected chi connectivity index (χ1v) is 10.0. The number of carbonyl (C=O) groups excluding carboxylic acids is 2. The molecule has 0 aliphatic heterocycles. The molecule has 1 aliphatic carbocycles. The van der Waals surface area contributed by atoms with Crippen LogP contribution in [0.25, 0.3) is 0 Å². The lowest BCUT2D eigenvalue weighted by Crippen LogP contribution is -2.45. The van der Waals surface area contributed by atoms with E-state index in [2.05, 4.69) is 0 Å². The fraction of sp³-hybridized carbons (Fsp3) is 0.417. The van der Waals surface area contributed by atoms with Crippen molar-refractivity contribution in [3.05, 3.63) is 70.3 Å². The van der Waals surface area contributed by atoms with Gasteiger partial charge in [0.2, 0.25) is 0 Å². The summed E-state index contributed by atoms with van der Waals surface area (Å²) in [7, 11) is 0. The second-order valence-electron chi connectivity index (χ2n) is 7.96. The van der Waals surface area contributed by atoms with Crippen molar-refractivity contribution in [3.8, 4) is 0 Å². The lowest BCUT2D eigenvalue weighted by atomic mass is 9.84. The number of hydrogen-bond donors (Lipinski definition) is 1. The van der Waals surface area contributed by atoms with Crippen molar-refractivity contribution in [3.63, 3.8) is 0 Å². The van der Waals surface area contributed by atoms with Crippen LogP contribution in [0.5, 0.6) is 0 Å². The van der Waals surface area contributed by atoms with Crippen molar-refractivity contribution >= 4 is 11.7 Å². The molecule has 0 heterocycles. The molecule has 148 valence electrons. The molecular weight excluding hydrogens is 350 g/mol. The topological polar surface area (TPSA) is 57.6 Å². The minimum Gasteiger partial charge on any atom is -0.394 e. The molecule has 0 bridgehead atoms. The number of amides is 1. The molecule has 2 aromatic carbocycles. The summed E-state index contributed by atoms with van der Waals surface area (Å²) in [5.41, 5.74) is 3.59. The van der Waals surface area contributed by atoms with E-state index in [9.17, 15) is 14.7 Å². The summed E-state index contributed by atoms with van der Waals surface area (Å²) in [5.74, 6) is 0.161. The summed E-state index contributed by atoms with van der Waals surface area (Å²) in [6, 6.07) is 12.4. The van der Waals surface area contributed by atoms with Gasteiger partial charge in [-0.1, -0.05) is 36.8 Å². The van der Waals surface area contributed by atoms with Gasteiger partial charge in [0.1, 0.15) is 0 Å². The number of hydrogen-bond acceptors (Lipinski definition) is 3. The zero-order chi connectivity index (χ0) is 20.3. The van der Waals surface area contributed by atoms with Crippen LogP contribution in [0.3, 0.4) is 0 Å². The molecular formula is C24H29NO3. The number of ketones is 1. The molecule has 1 saturated carbocycles. The van der Waals surface area contributed by atoms with Crippen molar-refractivity contribution < 1.29 is 14.7 Å². The van der Waals surface area contributed by atoms with E-state index < -0.39 is 0 Å². The Kier molecular flexibility index (Phi) is 6.30. The van der Waals surface area contributed by atoms with Gasteiger partial charge < -0.3 is 10.0 Å². The molecule has 0 saturated heterocycles. The average Bonchev–Trinajstić information content (AvgIpc) is 2.67. The van der Waals surface area contributed by atoms with Gasteiger partial charge in [-0.3, -0.25) is 9.59 Å². The van der Waals surface area contributed by atoms with Gasteiger partial charge in [-0.25, -0.2) is 0 Å². The van der Waals surface area contributed by atoms with Gasteiger partial charge >= 0.3 is 0 Å². The lowest BCUT2D eigenvalue weighted by molar-refractivity contribution is 0.0527. The van der Waals surface area contributed by atoms with Crippen LogP contribution in [0.15, 0.2) is 42.5 Å². The standard InChI is InChI=1S/C24H29NO3/c1-16-11-12-20(13-17(16)2)23(27)21-9-4-5-10-22(21)24(28)25(18(3)15-26)14-19-7-6-8-19/h4-5,9-13,18-19,26H,6-8,14-15H2,1-3H3/t18-/m0/s1. The largest absolute Gasteiger partial charge is 0.394 e. The summed E-state index contributed by atoms with van der Waals surface area (Å²) in [4.78, 5) is 28.3. The number of carbonyl (C=O) groups is 2. The van der Waals surface area contributed by atoms with Crippen molar-refractivity contribution in [2.24, 2.45) is 5.92 Å². The first-order chi connectivity index (χ1) is 13.4. The smallest absolute Gasteiger partial charge is 0.254 e. The summed E-state index contributed by atoms with van der Waals surface area (Å²) in [6.45, 7) is 6.38. The van der Waals surface area contributed by atoms with E-state index in [0.717, 1.165) is 24.0 Å². The van der Waals surface area contributed by atoms with E-state index in [-0.39, 0.29) is 24.3 Å². The van der Waals surface area contributed by atoms with Crippen molar-refractivity contribution in [2.75, 3.05) is 13.2 Å². The van der Waals surface area contributed by atoms with E-state index in [1.807, 2.05) is 39.0 Å². The van der Waals surface area contributed by atoms with Gasteiger partial charge in [-0.15, -0.1) is 0 Å². The number of aliphatic hydroxyl groups excluding tert-OH is 1. The molecule has 4 nitrogen and oxygen atoms in total. The molecule has 0 unspecified atom stereocenters. The van der Waals surface area contributed by atoms with Gasteiger partial charge in [0.25, 0.3) is 5.91 Å². The van der Waals surface area contributed by atoms with Crippen LogP contribution in [0.2, 0.25) is 0 Å². The van der Waals surface area contributed by atoms with Crippen LogP contribution >= 0.6 is 0 Å². The van der Waals surface area contributed by atoms with Gasteiger partial charge in [0.15, 0.2) is 5.78 Å². The number of aliphatic hydroxyl groups is 1. The second-order valence-corrected chi connectivity index (χ2v) is 7.96. The second kappa shape index (κ2) is 8.70. The summed E-state index contributed by atoms with van der Waals surface area (Å²) in [5, 5.41) is 9.66. The quantitative estimate of drug-likeness (QED) is 0.735. The van der Waals surface area contributed by atoms with Crippen molar-refractivity contribution in [1.82, 2.24) is 4.90 Å². The molecule has 1 N–H and O–H groups in total. The molecule has 28 heavy (non-hydrogen) atoms. The Bertz CT molecular complexity index is 870. The highest BCUT2D eigenvalue weighted by atomic mass is 16.3. The van der Waals surface area contributed by atoms with Crippen LogP contribution in [0, 0.1) is 19.8 Å². The molecule has 0 aromatic heterocycles. The Balaban J connectivity index is 1.94. The first-order valence-electron chi connectivity index (χ1n) is 10.0. The summed E-state index contributed by atoms with van der Waals surface area (Å²) in [6.07, 6.45) is 3.43. The Morgan fingerprint density at radius 2 is 1.75 bits per heavy atom. The normalized spacial score (nSPS) is 15.0. The Morgan fingerprint density at radius 1 is 1.07 bits per heavy atom. The van der Waals surface area contributed by atoms with Crippen LogP contribution in [0.1, 0.15) is 63.6 Å². The monoisotopic (exact) mass is 379 g/mol. The minimum atomic E-state index is -0.280. The van der Waals surface area contributed by atoms with E-state index in [1.165, 1.54) is 6.42 Å². The van der Waals surface area contributed by atoms with Crippen LogP contribution in [0.4, 0.5) is 0 Å². The van der Waals surface area contributed by atoms with E-state index in [1.54, 1.807) is 29.2 Å². The Morgan fingerprint density at radius 3 is 2.32 bits per heavy atom. The molecule has 1 atom stereocenters. The number of aryl methyl sites for hydroxylation is 2.